The van der Waals surface area contributed by atoms with Crippen LogP contribution in [0.4, 0.5) is 46.5 Å². The van der Waals surface area contributed by atoms with Crippen LogP contribution in [0.25, 0.3) is 0 Å². The number of carbonyl (C=O) groups is 2. The molecular weight excluding hydrogens is 988 g/mol. The minimum absolute atomic E-state index is 0.0146. The van der Waals surface area contributed by atoms with Gasteiger partial charge in [0.25, 0.3) is 5.91 Å². The van der Waals surface area contributed by atoms with E-state index in [9.17, 15) is 44.7 Å². The van der Waals surface area contributed by atoms with Crippen LogP contribution in [0.1, 0.15) is 115 Å². The first kappa shape index (κ1) is 51.7. The van der Waals surface area contributed by atoms with Gasteiger partial charge in [-0.15, -0.1) is 0 Å². The Hall–Kier alpha value is -4.69. The van der Waals surface area contributed by atoms with Crippen LogP contribution in [-0.4, -0.2) is 72.2 Å². The van der Waals surface area contributed by atoms with Crippen LogP contribution >= 0.6 is 35.5 Å². The van der Waals surface area contributed by atoms with Crippen molar-refractivity contribution in [3.8, 4) is 11.5 Å². The number of anilines is 2. The monoisotopic (exact) mass is 1040 g/mol. The molecule has 2 aromatic heterocycles. The highest BCUT2D eigenvalue weighted by Crippen LogP contribution is 2.49. The first-order valence-corrected chi connectivity index (χ1v) is 25.2. The predicted octanol–water partition coefficient (Wildman–Crippen LogP) is 12.1. The Balaban J connectivity index is 0.000000167. The Morgan fingerprint density at radius 3 is 1.80 bits per heavy atom. The van der Waals surface area contributed by atoms with E-state index in [1.807, 2.05) is 19.9 Å². The maximum atomic E-state index is 14.8. The van der Waals surface area contributed by atoms with E-state index in [1.165, 1.54) is 67.2 Å². The molecule has 10 nitrogen and oxygen atoms in total. The van der Waals surface area contributed by atoms with Crippen LogP contribution in [0, 0.1) is 29.4 Å². The molecule has 2 aliphatic heterocycles. The first-order chi connectivity index (χ1) is 33.1. The average molecular weight is 1040 g/mol. The summed E-state index contributed by atoms with van der Waals surface area (Å²) in [6.07, 6.45) is 3.38. The van der Waals surface area contributed by atoms with Crippen molar-refractivity contribution in [3.63, 3.8) is 0 Å². The third kappa shape index (κ3) is 13.2. The van der Waals surface area contributed by atoms with Crippen LogP contribution in [0.15, 0.2) is 55.0 Å². The third-order valence-corrected chi connectivity index (χ3v) is 15.1. The normalized spacial score (nSPS) is 19.0. The lowest BCUT2D eigenvalue weighted by atomic mass is 9.82. The molecule has 6 fully saturated rings. The molecule has 0 radical (unpaired) electrons. The summed E-state index contributed by atoms with van der Waals surface area (Å²) in [6.45, 7) is 7.65. The highest BCUT2D eigenvalue weighted by atomic mass is 35.5. The van der Waals surface area contributed by atoms with Crippen molar-refractivity contribution >= 4 is 59.2 Å². The van der Waals surface area contributed by atoms with E-state index in [0.29, 0.717) is 61.0 Å². The zero-order chi connectivity index (χ0) is 50.2. The van der Waals surface area contributed by atoms with E-state index in [-0.39, 0.29) is 51.3 Å². The quantitative estimate of drug-likeness (QED) is 0.0487. The second-order valence-corrected chi connectivity index (χ2v) is 22.3. The summed E-state index contributed by atoms with van der Waals surface area (Å²) in [5, 5.41) is 1.16. The number of carbonyl (C=O) groups excluding carboxylic acids is 2. The van der Waals surface area contributed by atoms with E-state index >= 15 is 0 Å². The second kappa shape index (κ2) is 20.8. The highest BCUT2D eigenvalue weighted by Gasteiger charge is 2.46. The van der Waals surface area contributed by atoms with Crippen molar-refractivity contribution in [1.29, 1.82) is 0 Å². The van der Waals surface area contributed by atoms with Crippen molar-refractivity contribution in [2.24, 2.45) is 10.8 Å². The molecule has 0 bridgehead atoms. The number of ether oxygens (including phenoxy) is 2. The standard InChI is InChI=1S/C24H25F4N3O2S.C21H21ClF4N2O.C4H7NOS/c1-23(11-31(12-23)20-6-7-29-10-18(20)24(26,27)28)13-33-21-9-19(25)17(8-16(21)14-2-3-14)22(32)30-34-15-4-5-15;1-12-5-14(13-3-4-13)18(6-16(12)23)29-11-20(2)9-28(10-20)17-7-19(22)27-8-15(17)21(24,25)26;6-3-5-7-4-1-2-4/h6-10,14-15H,2-5,11-13H2,1H3,(H,30,32);5-8,13H,3-4,9-11H2,1-2H3;3-4H,1-2H2,(H,5,6). The molecule has 6 aliphatic rings. The molecule has 0 spiro atoms. The number of amides is 2. The number of halogens is 9. The molecular formula is C49H53ClF8N6O4S2. The topological polar surface area (TPSA) is 109 Å². The number of pyridine rings is 2. The number of hydrogen-bond acceptors (Lipinski definition) is 10. The Morgan fingerprint density at radius 1 is 0.757 bits per heavy atom. The fraction of sp³-hybridized carbons (Fsp3) is 0.510. The van der Waals surface area contributed by atoms with Crippen molar-refractivity contribution < 1.29 is 54.2 Å². The molecule has 10 rings (SSSR count). The fourth-order valence-electron chi connectivity index (χ4n) is 8.35. The molecule has 4 aromatic rings. The number of nitrogens with zero attached hydrogens (tertiary/aromatic N) is 4. The van der Waals surface area contributed by atoms with Gasteiger partial charge in [-0.3, -0.25) is 19.3 Å². The van der Waals surface area contributed by atoms with E-state index in [4.69, 9.17) is 21.1 Å². The molecule has 0 atom stereocenters. The summed E-state index contributed by atoms with van der Waals surface area (Å²) in [5.74, 6) is 0.191. The Morgan fingerprint density at radius 2 is 1.27 bits per heavy atom. The molecule has 2 N–H and O–H groups in total. The predicted molar refractivity (Wildman–Crippen MR) is 254 cm³/mol. The maximum absolute atomic E-state index is 14.8. The molecule has 2 aromatic carbocycles. The molecule has 4 heterocycles. The van der Waals surface area contributed by atoms with Crippen molar-refractivity contribution in [2.75, 3.05) is 49.2 Å². The van der Waals surface area contributed by atoms with Gasteiger partial charge in [-0.05, 0) is 135 Å². The summed E-state index contributed by atoms with van der Waals surface area (Å²) in [7, 11) is 0. The molecule has 4 aliphatic carbocycles. The van der Waals surface area contributed by atoms with Crippen LogP contribution in [-0.2, 0) is 17.1 Å². The average Bonchev–Trinajstić information content (AvgIpc) is 4.07. The van der Waals surface area contributed by atoms with Gasteiger partial charge < -0.3 is 24.0 Å². The molecule has 2 saturated heterocycles. The number of benzene rings is 2. The number of aromatic nitrogens is 2. The highest BCUT2D eigenvalue weighted by molar-refractivity contribution is 7.99. The lowest BCUT2D eigenvalue weighted by Crippen LogP contribution is -2.58. The van der Waals surface area contributed by atoms with Gasteiger partial charge in [0.1, 0.15) is 28.3 Å². The van der Waals surface area contributed by atoms with Gasteiger partial charge in [-0.25, -0.2) is 13.8 Å². The zero-order valence-electron chi connectivity index (χ0n) is 38.6. The molecule has 0 unspecified atom stereocenters. The smallest absolute Gasteiger partial charge is 0.419 e. The van der Waals surface area contributed by atoms with Gasteiger partial charge >= 0.3 is 12.4 Å². The largest absolute Gasteiger partial charge is 0.492 e. The summed E-state index contributed by atoms with van der Waals surface area (Å²) < 4.78 is 126. The summed E-state index contributed by atoms with van der Waals surface area (Å²) >= 11 is 8.68. The minimum atomic E-state index is -4.51. The fourth-order valence-corrected chi connectivity index (χ4v) is 9.88. The molecule has 4 saturated carbocycles. The lowest BCUT2D eigenvalue weighted by molar-refractivity contribution is -0.138. The zero-order valence-corrected chi connectivity index (χ0v) is 41.0. The van der Waals surface area contributed by atoms with Crippen molar-refractivity contribution in [1.82, 2.24) is 19.4 Å². The summed E-state index contributed by atoms with van der Waals surface area (Å²) in [5.41, 5.74) is 0.266. The van der Waals surface area contributed by atoms with Crippen LogP contribution in [0.5, 0.6) is 11.5 Å². The molecule has 2 amide bonds. The van der Waals surface area contributed by atoms with Crippen molar-refractivity contribution in [3.05, 3.63) is 105 Å². The van der Waals surface area contributed by atoms with Crippen molar-refractivity contribution in [2.45, 2.75) is 107 Å². The van der Waals surface area contributed by atoms with Gasteiger partial charge in [0, 0.05) is 78.2 Å². The molecule has 378 valence electrons. The Bertz CT molecular complexity index is 2550. The van der Waals surface area contributed by atoms with Crippen LogP contribution in [0.2, 0.25) is 5.15 Å². The number of nitrogens with one attached hydrogen (secondary N) is 2. The molecule has 21 heteroatoms. The number of aryl methyl sites for hydroxylation is 1. The summed E-state index contributed by atoms with van der Waals surface area (Å²) in [4.78, 5) is 32.5. The van der Waals surface area contributed by atoms with E-state index in [1.54, 1.807) is 22.8 Å². The summed E-state index contributed by atoms with van der Waals surface area (Å²) in [6, 6.07) is 8.74. The number of hydrogen-bond donors (Lipinski definition) is 2. The SMILES string of the molecule is CC1(COc2cc(F)c(C(=O)NSC3CC3)cc2C2CC2)CN(c2ccncc2C(F)(F)F)C1.Cc1cc(C2CC2)c(OCC2(C)CN(c3cc(Cl)ncc3C(F)(F)F)C2)cc1F.O=CNSC1CC1. The van der Waals surface area contributed by atoms with Gasteiger partial charge in [0.15, 0.2) is 0 Å². The lowest BCUT2D eigenvalue weighted by Gasteiger charge is -2.49. The van der Waals surface area contributed by atoms with Gasteiger partial charge in [-0.2, -0.15) is 26.3 Å². The number of rotatable bonds is 16. The second-order valence-electron chi connectivity index (χ2n) is 19.7. The van der Waals surface area contributed by atoms with E-state index in [0.717, 1.165) is 73.7 Å². The Kier molecular flexibility index (Phi) is 15.4. The van der Waals surface area contributed by atoms with Gasteiger partial charge in [0.05, 0.1) is 41.3 Å². The van der Waals surface area contributed by atoms with Gasteiger partial charge in [0.2, 0.25) is 6.41 Å². The third-order valence-electron chi connectivity index (χ3n) is 12.7. The Labute approximate surface area is 414 Å². The molecule has 70 heavy (non-hydrogen) atoms. The van der Waals surface area contributed by atoms with E-state index in [2.05, 4.69) is 19.4 Å². The first-order valence-electron chi connectivity index (χ1n) is 23.1. The number of alkyl halides is 6. The van der Waals surface area contributed by atoms with Crippen LogP contribution in [0.3, 0.4) is 0 Å². The minimum Gasteiger partial charge on any atom is -0.492 e. The van der Waals surface area contributed by atoms with Crippen LogP contribution < -0.4 is 28.7 Å². The maximum Gasteiger partial charge on any atom is 0.419 e. The van der Waals surface area contributed by atoms with E-state index < -0.39 is 35.2 Å². The van der Waals surface area contributed by atoms with Gasteiger partial charge in [-0.1, -0.05) is 25.4 Å².